The minimum Gasteiger partial charge on any atom is -0.323 e. The molecule has 3 rings (SSSR count). The number of carbonyl (C=O) groups excluding carboxylic acids is 1. The summed E-state index contributed by atoms with van der Waals surface area (Å²) in [6.07, 6.45) is 7.04. The van der Waals surface area contributed by atoms with Gasteiger partial charge < -0.3 is 5.32 Å². The van der Waals surface area contributed by atoms with Gasteiger partial charge in [-0.1, -0.05) is 43.7 Å². The highest BCUT2D eigenvalue weighted by Gasteiger charge is 2.23. The molecule has 1 aromatic carbocycles. The summed E-state index contributed by atoms with van der Waals surface area (Å²) < 4.78 is 13.8. The number of hydrogen-bond acceptors (Lipinski definition) is 4. The molecule has 1 atom stereocenters. The molecule has 1 aromatic heterocycles. The van der Waals surface area contributed by atoms with Crippen LogP contribution in [0.15, 0.2) is 35.4 Å². The van der Waals surface area contributed by atoms with Crippen LogP contribution in [0.2, 0.25) is 0 Å². The summed E-state index contributed by atoms with van der Waals surface area (Å²) in [6, 6.07) is 10.3. The van der Waals surface area contributed by atoms with E-state index in [1.165, 1.54) is 36.7 Å². The zero-order valence-electron chi connectivity index (χ0n) is 16.0. The van der Waals surface area contributed by atoms with E-state index in [-0.39, 0.29) is 11.6 Å². The van der Waals surface area contributed by atoms with Crippen LogP contribution in [-0.2, 0) is 17.6 Å². The Balaban J connectivity index is 1.81. The van der Waals surface area contributed by atoms with Crippen molar-refractivity contribution in [3.63, 3.8) is 0 Å². The number of anilines is 1. The van der Waals surface area contributed by atoms with Gasteiger partial charge >= 0.3 is 0 Å². The van der Waals surface area contributed by atoms with Crippen molar-refractivity contribution in [2.75, 3.05) is 5.32 Å². The van der Waals surface area contributed by atoms with E-state index in [4.69, 9.17) is 4.98 Å². The molecule has 1 heterocycles. The maximum atomic E-state index is 13.8. The lowest BCUT2D eigenvalue weighted by molar-refractivity contribution is -0.115. The molecule has 2 aromatic rings. The molecule has 0 saturated carbocycles. The SMILES string of the molecule is CCC(Sc1nc2c(cc1C#N)CCCCCC2)C(=O)Nc1ccccc1F. The first-order valence-corrected chi connectivity index (χ1v) is 10.6. The van der Waals surface area contributed by atoms with Gasteiger partial charge in [0.1, 0.15) is 16.9 Å². The molecule has 0 fully saturated rings. The molecular weight excluding hydrogens is 373 g/mol. The number of rotatable bonds is 5. The highest BCUT2D eigenvalue weighted by molar-refractivity contribution is 8.00. The Bertz CT molecular complexity index is 894. The van der Waals surface area contributed by atoms with Crippen LogP contribution in [0.1, 0.15) is 55.8 Å². The third-order valence-corrected chi connectivity index (χ3v) is 6.30. The number of nitrogens with one attached hydrogen (secondary N) is 1. The molecule has 1 aliphatic rings. The van der Waals surface area contributed by atoms with Crippen molar-refractivity contribution in [1.82, 2.24) is 4.98 Å². The second-order valence-corrected chi connectivity index (χ2v) is 8.15. The van der Waals surface area contributed by atoms with Gasteiger partial charge in [-0.05, 0) is 55.9 Å². The van der Waals surface area contributed by atoms with E-state index < -0.39 is 11.1 Å². The second kappa shape index (κ2) is 9.70. The van der Waals surface area contributed by atoms with Gasteiger partial charge in [0.25, 0.3) is 0 Å². The average Bonchev–Trinajstić information content (AvgIpc) is 2.68. The van der Waals surface area contributed by atoms with Gasteiger partial charge in [0.15, 0.2) is 0 Å². The van der Waals surface area contributed by atoms with Crippen molar-refractivity contribution in [2.45, 2.75) is 62.1 Å². The minimum absolute atomic E-state index is 0.165. The molecule has 1 unspecified atom stereocenters. The van der Waals surface area contributed by atoms with Gasteiger partial charge in [0, 0.05) is 5.69 Å². The van der Waals surface area contributed by atoms with Crippen LogP contribution in [0.4, 0.5) is 10.1 Å². The Morgan fingerprint density at radius 3 is 2.75 bits per heavy atom. The number of nitriles is 1. The van der Waals surface area contributed by atoms with Crippen molar-refractivity contribution in [1.29, 1.82) is 5.26 Å². The Morgan fingerprint density at radius 1 is 1.29 bits per heavy atom. The maximum absolute atomic E-state index is 13.8. The number of aryl methyl sites for hydroxylation is 2. The summed E-state index contributed by atoms with van der Waals surface area (Å²) in [6.45, 7) is 1.90. The molecule has 4 nitrogen and oxygen atoms in total. The third kappa shape index (κ3) is 4.90. The van der Waals surface area contributed by atoms with E-state index in [0.717, 1.165) is 36.9 Å². The lowest BCUT2D eigenvalue weighted by Crippen LogP contribution is -2.25. The molecule has 6 heteroatoms. The molecule has 28 heavy (non-hydrogen) atoms. The predicted molar refractivity (Wildman–Crippen MR) is 110 cm³/mol. The number of para-hydroxylation sites is 1. The number of thioether (sulfide) groups is 1. The van der Waals surface area contributed by atoms with Crippen molar-refractivity contribution < 1.29 is 9.18 Å². The number of benzene rings is 1. The molecular formula is C22H24FN3OS. The van der Waals surface area contributed by atoms with Crippen LogP contribution in [0.25, 0.3) is 0 Å². The van der Waals surface area contributed by atoms with Gasteiger partial charge in [0.2, 0.25) is 5.91 Å². The van der Waals surface area contributed by atoms with Gasteiger partial charge in [0.05, 0.1) is 16.5 Å². The molecule has 1 N–H and O–H groups in total. The van der Waals surface area contributed by atoms with E-state index >= 15 is 0 Å². The monoisotopic (exact) mass is 397 g/mol. The number of aromatic nitrogens is 1. The van der Waals surface area contributed by atoms with E-state index in [9.17, 15) is 14.4 Å². The number of carbonyl (C=O) groups is 1. The first-order valence-electron chi connectivity index (χ1n) is 9.77. The summed E-state index contributed by atoms with van der Waals surface area (Å²) in [5, 5.41) is 12.4. The Kier molecular flexibility index (Phi) is 7.05. The van der Waals surface area contributed by atoms with Crippen LogP contribution >= 0.6 is 11.8 Å². The quantitative estimate of drug-likeness (QED) is 0.699. The van der Waals surface area contributed by atoms with Crippen LogP contribution < -0.4 is 5.32 Å². The number of hydrogen-bond donors (Lipinski definition) is 1. The number of amides is 1. The first kappa shape index (κ1) is 20.3. The minimum atomic E-state index is -0.465. The molecule has 1 amide bonds. The number of fused-ring (bicyclic) bond motifs is 1. The summed E-state index contributed by atoms with van der Waals surface area (Å²) in [5.74, 6) is -0.748. The van der Waals surface area contributed by atoms with Gasteiger partial charge in [-0.3, -0.25) is 4.79 Å². The highest BCUT2D eigenvalue weighted by atomic mass is 32.2. The Morgan fingerprint density at radius 2 is 2.04 bits per heavy atom. The average molecular weight is 398 g/mol. The number of halogens is 1. The fourth-order valence-electron chi connectivity index (χ4n) is 3.37. The summed E-state index contributed by atoms with van der Waals surface area (Å²) in [7, 11) is 0. The number of nitrogens with zero attached hydrogens (tertiary/aromatic N) is 2. The van der Waals surface area contributed by atoms with E-state index in [1.807, 2.05) is 13.0 Å². The largest absolute Gasteiger partial charge is 0.323 e. The van der Waals surface area contributed by atoms with Crippen molar-refractivity contribution in [3.8, 4) is 6.07 Å². The fourth-order valence-corrected chi connectivity index (χ4v) is 4.37. The third-order valence-electron chi connectivity index (χ3n) is 4.94. The van der Waals surface area contributed by atoms with Crippen molar-refractivity contribution in [2.24, 2.45) is 0 Å². The summed E-state index contributed by atoms with van der Waals surface area (Å²) in [5.41, 5.74) is 2.88. The van der Waals surface area contributed by atoms with Gasteiger partial charge in [-0.15, -0.1) is 0 Å². The zero-order chi connectivity index (χ0) is 19.9. The fraction of sp³-hybridized carbons (Fsp3) is 0.409. The molecule has 0 saturated heterocycles. The molecule has 0 spiro atoms. The smallest absolute Gasteiger partial charge is 0.237 e. The van der Waals surface area contributed by atoms with Crippen molar-refractivity contribution >= 4 is 23.4 Å². The van der Waals surface area contributed by atoms with Crippen LogP contribution in [-0.4, -0.2) is 16.1 Å². The highest BCUT2D eigenvalue weighted by Crippen LogP contribution is 2.31. The van der Waals surface area contributed by atoms with E-state index in [0.29, 0.717) is 17.0 Å². The second-order valence-electron chi connectivity index (χ2n) is 6.96. The van der Waals surface area contributed by atoms with E-state index in [1.54, 1.807) is 12.1 Å². The normalized spacial score (nSPS) is 14.9. The molecule has 0 bridgehead atoms. The lowest BCUT2D eigenvalue weighted by Gasteiger charge is -2.18. The van der Waals surface area contributed by atoms with Gasteiger partial charge in [-0.2, -0.15) is 5.26 Å². The topological polar surface area (TPSA) is 65.8 Å². The molecule has 0 radical (unpaired) electrons. The van der Waals surface area contributed by atoms with E-state index in [2.05, 4.69) is 11.4 Å². The van der Waals surface area contributed by atoms with Crippen LogP contribution in [0.3, 0.4) is 0 Å². The molecule has 1 aliphatic carbocycles. The zero-order valence-corrected chi connectivity index (χ0v) is 16.8. The number of pyridine rings is 1. The molecule has 146 valence electrons. The van der Waals surface area contributed by atoms with Crippen molar-refractivity contribution in [3.05, 3.63) is 53.0 Å². The standard InChI is InChI=1S/C22H24FN3OS/c1-2-20(21(27)25-19-12-8-7-10-17(19)23)28-22-16(14-24)13-15-9-5-3-4-6-11-18(15)26-22/h7-8,10,12-13,20H,2-6,9,11H2,1H3,(H,25,27). The summed E-state index contributed by atoms with van der Waals surface area (Å²) in [4.78, 5) is 17.4. The summed E-state index contributed by atoms with van der Waals surface area (Å²) >= 11 is 1.29. The van der Waals surface area contributed by atoms with Gasteiger partial charge in [-0.25, -0.2) is 9.37 Å². The lowest BCUT2D eigenvalue weighted by atomic mass is 9.96. The predicted octanol–water partition coefficient (Wildman–Crippen LogP) is 5.26. The van der Waals surface area contributed by atoms with Crippen LogP contribution in [0, 0.1) is 17.1 Å². The van der Waals surface area contributed by atoms with Crippen LogP contribution in [0.5, 0.6) is 0 Å². The Labute approximate surface area is 169 Å². The maximum Gasteiger partial charge on any atom is 0.237 e. The molecule has 0 aliphatic heterocycles. The Hall–Kier alpha value is -2.39. The first-order chi connectivity index (χ1) is 13.6.